The van der Waals surface area contributed by atoms with Crippen LogP contribution in [0.2, 0.25) is 0 Å². The number of nitrogens with zero attached hydrogens (tertiary/aromatic N) is 1. The normalized spacial score (nSPS) is 14.7. The van der Waals surface area contributed by atoms with Gasteiger partial charge >= 0.3 is 6.09 Å². The van der Waals surface area contributed by atoms with Crippen molar-refractivity contribution >= 4 is 18.0 Å². The third-order valence-corrected chi connectivity index (χ3v) is 6.10. The molecule has 3 rings (SSSR count). The zero-order chi connectivity index (χ0) is 28.2. The summed E-state index contributed by atoms with van der Waals surface area (Å²) in [7, 11) is 1.65. The number of carbonyl (C=O) groups excluding carboxylic acids is 1. The summed E-state index contributed by atoms with van der Waals surface area (Å²) in [6.45, 7) is 14.3. The van der Waals surface area contributed by atoms with Crippen LogP contribution in [0.3, 0.4) is 0 Å². The van der Waals surface area contributed by atoms with Gasteiger partial charge in [0.1, 0.15) is 12.5 Å². The summed E-state index contributed by atoms with van der Waals surface area (Å²) in [4.78, 5) is 19.1. The Labute approximate surface area is 233 Å². The van der Waals surface area contributed by atoms with Gasteiger partial charge in [-0.05, 0) is 62.4 Å². The molecule has 214 valence electrons. The molecule has 1 aliphatic rings. The fourth-order valence-electron chi connectivity index (χ4n) is 2.97. The maximum atomic E-state index is 12.0. The minimum atomic E-state index is -0.465. The second-order valence-corrected chi connectivity index (χ2v) is 9.70. The molecular weight excluding hydrogens is 504 g/mol. The Morgan fingerprint density at radius 3 is 2.24 bits per heavy atom. The van der Waals surface area contributed by atoms with Gasteiger partial charge in [0, 0.05) is 18.0 Å². The van der Waals surface area contributed by atoms with Gasteiger partial charge in [0.05, 0.1) is 26.4 Å². The standard InChI is InChI=1S/C20H32N2O6S.C7H8.C2H6/c1-5-16(3)28-22(29-19-8-6-17(24-4)7-9-19)11-15(2)10-21-20(23)27-18-12-25-14-26-13-18;1-7-5-3-2-4-6-7;1-2/h6-9,15-16,18H,5,10-14H2,1-4H3,(H,21,23);2-6H,1H3;1-2H3. The van der Waals surface area contributed by atoms with Crippen LogP contribution >= 0.6 is 11.9 Å². The second-order valence-electron chi connectivity index (χ2n) is 8.63. The highest BCUT2D eigenvalue weighted by molar-refractivity contribution is 7.96. The highest BCUT2D eigenvalue weighted by atomic mass is 32.2. The molecule has 0 saturated carbocycles. The molecule has 9 heteroatoms. The lowest BCUT2D eigenvalue weighted by atomic mass is 10.2. The number of ether oxygens (including phenoxy) is 4. The van der Waals surface area contributed by atoms with Crippen LogP contribution < -0.4 is 10.1 Å². The fraction of sp³-hybridized carbons (Fsp3) is 0.552. The lowest BCUT2D eigenvalue weighted by Gasteiger charge is -2.27. The van der Waals surface area contributed by atoms with E-state index in [4.69, 9.17) is 23.8 Å². The first kappa shape index (κ1) is 33.7. The summed E-state index contributed by atoms with van der Waals surface area (Å²) in [5, 5.41) is 2.80. The van der Waals surface area contributed by atoms with Gasteiger partial charge in [-0.2, -0.15) is 0 Å². The summed E-state index contributed by atoms with van der Waals surface area (Å²) in [6, 6.07) is 18.1. The van der Waals surface area contributed by atoms with E-state index in [2.05, 4.69) is 38.2 Å². The first-order chi connectivity index (χ1) is 18.4. The highest BCUT2D eigenvalue weighted by Crippen LogP contribution is 2.27. The van der Waals surface area contributed by atoms with Crippen molar-refractivity contribution in [2.24, 2.45) is 5.92 Å². The van der Waals surface area contributed by atoms with E-state index in [1.165, 1.54) is 17.5 Å². The molecule has 2 aromatic rings. The number of nitrogens with one attached hydrogen (secondary N) is 1. The predicted octanol–water partition coefficient (Wildman–Crippen LogP) is 6.49. The van der Waals surface area contributed by atoms with Gasteiger partial charge in [0.15, 0.2) is 6.10 Å². The van der Waals surface area contributed by atoms with Gasteiger partial charge in [-0.3, -0.25) is 4.84 Å². The van der Waals surface area contributed by atoms with Crippen molar-refractivity contribution in [1.29, 1.82) is 0 Å². The van der Waals surface area contributed by atoms with Crippen LogP contribution in [0.1, 0.15) is 46.6 Å². The third kappa shape index (κ3) is 15.2. The number of rotatable bonds is 11. The first-order valence-electron chi connectivity index (χ1n) is 13.3. The fourth-order valence-corrected chi connectivity index (χ4v) is 3.98. The van der Waals surface area contributed by atoms with Crippen molar-refractivity contribution in [2.75, 3.05) is 40.2 Å². The number of carbonyl (C=O) groups is 1. The van der Waals surface area contributed by atoms with Crippen LogP contribution in [-0.4, -0.2) is 63.0 Å². The van der Waals surface area contributed by atoms with Crippen LogP contribution in [0.25, 0.3) is 0 Å². The SMILES string of the molecule is CC.CCC(C)ON(CC(C)CNC(=O)OC1COCOC1)Sc1ccc(OC)cc1.Cc1ccccc1. The van der Waals surface area contributed by atoms with E-state index in [-0.39, 0.29) is 24.9 Å². The van der Waals surface area contributed by atoms with Crippen LogP contribution in [-0.2, 0) is 19.0 Å². The topological polar surface area (TPSA) is 78.5 Å². The number of alkyl carbamates (subject to hydrolysis) is 1. The minimum absolute atomic E-state index is 0.0946. The van der Waals surface area contributed by atoms with Crippen molar-refractivity contribution < 1.29 is 28.6 Å². The Balaban J connectivity index is 0.000000682. The van der Waals surface area contributed by atoms with Gasteiger partial charge in [-0.25, -0.2) is 4.79 Å². The molecule has 1 amide bonds. The van der Waals surface area contributed by atoms with Gasteiger partial charge < -0.3 is 24.3 Å². The third-order valence-electron chi connectivity index (χ3n) is 5.18. The Morgan fingerprint density at radius 1 is 1.08 bits per heavy atom. The summed E-state index contributed by atoms with van der Waals surface area (Å²) in [5.74, 6) is 0.963. The van der Waals surface area contributed by atoms with Crippen molar-refractivity contribution in [2.45, 2.75) is 65.1 Å². The van der Waals surface area contributed by atoms with Crippen LogP contribution in [0.15, 0.2) is 59.5 Å². The molecule has 1 aliphatic heterocycles. The van der Waals surface area contributed by atoms with Crippen molar-refractivity contribution in [3.8, 4) is 5.75 Å². The monoisotopic (exact) mass is 550 g/mol. The number of methoxy groups -OCH3 is 1. The Bertz CT molecular complexity index is 850. The molecule has 0 aromatic heterocycles. The average Bonchev–Trinajstić information content (AvgIpc) is 2.94. The Morgan fingerprint density at radius 2 is 1.71 bits per heavy atom. The van der Waals surface area contributed by atoms with Gasteiger partial charge in [0.2, 0.25) is 0 Å². The molecule has 38 heavy (non-hydrogen) atoms. The van der Waals surface area contributed by atoms with Gasteiger partial charge in [-0.1, -0.05) is 63.6 Å². The van der Waals surface area contributed by atoms with Crippen LogP contribution in [0.4, 0.5) is 4.79 Å². The van der Waals surface area contributed by atoms with E-state index in [0.29, 0.717) is 26.3 Å². The lowest BCUT2D eigenvalue weighted by Crippen LogP contribution is -2.39. The molecule has 8 nitrogen and oxygen atoms in total. The van der Waals surface area contributed by atoms with Crippen molar-refractivity contribution in [1.82, 2.24) is 9.79 Å². The molecule has 0 aliphatic carbocycles. The predicted molar refractivity (Wildman–Crippen MR) is 153 cm³/mol. The van der Waals surface area contributed by atoms with E-state index in [1.807, 2.05) is 67.7 Å². The number of amides is 1. The maximum absolute atomic E-state index is 12.0. The van der Waals surface area contributed by atoms with E-state index < -0.39 is 6.09 Å². The van der Waals surface area contributed by atoms with E-state index >= 15 is 0 Å². The zero-order valence-electron chi connectivity index (χ0n) is 24.0. The number of hydrogen-bond donors (Lipinski definition) is 1. The number of benzene rings is 2. The molecule has 0 bridgehead atoms. The quantitative estimate of drug-likeness (QED) is 0.251. The molecule has 1 saturated heterocycles. The minimum Gasteiger partial charge on any atom is -0.497 e. The lowest BCUT2D eigenvalue weighted by molar-refractivity contribution is -0.151. The smallest absolute Gasteiger partial charge is 0.407 e. The number of aryl methyl sites for hydroxylation is 1. The maximum Gasteiger partial charge on any atom is 0.407 e. The summed E-state index contributed by atoms with van der Waals surface area (Å²) < 4.78 is 22.6. The van der Waals surface area contributed by atoms with Crippen molar-refractivity contribution in [3.05, 3.63) is 60.2 Å². The Hall–Kier alpha value is -2.30. The molecule has 2 unspecified atom stereocenters. The van der Waals surface area contributed by atoms with Crippen LogP contribution in [0.5, 0.6) is 5.75 Å². The molecule has 1 fully saturated rings. The molecule has 2 atom stereocenters. The summed E-state index contributed by atoms with van der Waals surface area (Å²) in [5.41, 5.74) is 1.32. The van der Waals surface area contributed by atoms with Crippen LogP contribution in [0, 0.1) is 12.8 Å². The first-order valence-corrected chi connectivity index (χ1v) is 14.0. The molecule has 1 heterocycles. The average molecular weight is 551 g/mol. The van der Waals surface area contributed by atoms with E-state index in [1.54, 1.807) is 7.11 Å². The Kier molecular flexibility index (Phi) is 18.3. The molecular formula is C29H46N2O6S. The summed E-state index contributed by atoms with van der Waals surface area (Å²) in [6.07, 6.45) is 0.171. The second kappa shape index (κ2) is 20.6. The van der Waals surface area contributed by atoms with Gasteiger partial charge in [-0.15, -0.1) is 4.47 Å². The molecule has 1 N–H and O–H groups in total. The van der Waals surface area contributed by atoms with Crippen molar-refractivity contribution in [3.63, 3.8) is 0 Å². The van der Waals surface area contributed by atoms with E-state index in [0.717, 1.165) is 17.1 Å². The number of hydrogen-bond acceptors (Lipinski definition) is 8. The zero-order valence-corrected chi connectivity index (χ0v) is 24.8. The molecule has 2 aromatic carbocycles. The van der Waals surface area contributed by atoms with Gasteiger partial charge in [0.25, 0.3) is 0 Å². The van der Waals surface area contributed by atoms with E-state index in [9.17, 15) is 4.79 Å². The largest absolute Gasteiger partial charge is 0.497 e. The molecule has 0 spiro atoms. The summed E-state index contributed by atoms with van der Waals surface area (Å²) >= 11 is 1.52. The molecule has 0 radical (unpaired) electrons. The number of hydroxylamine groups is 1. The highest BCUT2D eigenvalue weighted by Gasteiger charge is 2.20.